The van der Waals surface area contributed by atoms with Crippen molar-refractivity contribution in [2.24, 2.45) is 5.73 Å². The fourth-order valence-electron chi connectivity index (χ4n) is 4.05. The average Bonchev–Trinajstić information content (AvgIpc) is 2.70. The van der Waals surface area contributed by atoms with Crippen LogP contribution in [0, 0.1) is 13.8 Å². The molecule has 1 atom stereocenters. The van der Waals surface area contributed by atoms with Crippen molar-refractivity contribution in [1.29, 1.82) is 0 Å². The van der Waals surface area contributed by atoms with Gasteiger partial charge in [-0.3, -0.25) is 9.35 Å². The Balaban J connectivity index is 2.14. The van der Waals surface area contributed by atoms with Gasteiger partial charge in [0.2, 0.25) is 5.91 Å². The number of esters is 1. The van der Waals surface area contributed by atoms with Gasteiger partial charge in [-0.1, -0.05) is 50.2 Å². The van der Waals surface area contributed by atoms with Gasteiger partial charge in [-0.25, -0.2) is 4.79 Å². The molecule has 1 amide bonds. The first-order chi connectivity index (χ1) is 15.8. The quantitative estimate of drug-likeness (QED) is 0.191. The molecule has 0 fully saturated rings. The van der Waals surface area contributed by atoms with Crippen LogP contribution >= 0.6 is 0 Å². The number of hydrogen-bond donors (Lipinski definition) is 3. The smallest absolute Gasteiger partial charge is 0.328 e. The van der Waals surface area contributed by atoms with E-state index >= 15 is 0 Å². The normalized spacial score (nSPS) is 12.8. The predicted octanol–water partition coefficient (Wildman–Crippen LogP) is 2.84. The summed E-state index contributed by atoms with van der Waals surface area (Å²) in [6.07, 6.45) is 0.537. The summed E-state index contributed by atoms with van der Waals surface area (Å²) in [7, 11) is -4.06. The van der Waals surface area contributed by atoms with Gasteiger partial charge in [0.1, 0.15) is 11.8 Å². The molecular formula is C25H34N2O6S. The standard InChI is InChI=1S/C25H34N2O6S/c1-17-13-18(2)23(25(3,4)16-22(28)27-11-8-12-34(30,31)32)21(14-17)33-24(29)20(26)15-19-9-6-5-7-10-19/h5-7,9-10,13-14,20H,8,11-12,15-16,26H2,1-4H3,(H,27,28)(H,30,31,32)/t20-/m0/s1. The molecule has 186 valence electrons. The Bertz CT molecular complexity index is 1110. The molecule has 0 aliphatic rings. The zero-order valence-corrected chi connectivity index (χ0v) is 20.9. The molecule has 0 heterocycles. The van der Waals surface area contributed by atoms with Crippen LogP contribution < -0.4 is 15.8 Å². The molecule has 9 heteroatoms. The molecule has 0 saturated carbocycles. The molecule has 0 saturated heterocycles. The first-order valence-corrected chi connectivity index (χ1v) is 12.7. The lowest BCUT2D eigenvalue weighted by molar-refractivity contribution is -0.135. The number of benzene rings is 2. The second-order valence-corrected chi connectivity index (χ2v) is 10.8. The van der Waals surface area contributed by atoms with Gasteiger partial charge in [-0.15, -0.1) is 0 Å². The highest BCUT2D eigenvalue weighted by molar-refractivity contribution is 7.85. The van der Waals surface area contributed by atoms with Crippen LogP contribution in [0.2, 0.25) is 0 Å². The van der Waals surface area contributed by atoms with Gasteiger partial charge in [0.25, 0.3) is 10.1 Å². The molecule has 4 N–H and O–H groups in total. The van der Waals surface area contributed by atoms with E-state index in [0.29, 0.717) is 12.2 Å². The zero-order valence-electron chi connectivity index (χ0n) is 20.1. The van der Waals surface area contributed by atoms with Crippen LogP contribution in [-0.4, -0.2) is 43.2 Å². The summed E-state index contributed by atoms with van der Waals surface area (Å²) in [6, 6.07) is 12.3. The molecule has 2 rings (SSSR count). The van der Waals surface area contributed by atoms with E-state index in [-0.39, 0.29) is 25.3 Å². The molecule has 0 aromatic heterocycles. The second kappa shape index (κ2) is 11.6. The highest BCUT2D eigenvalue weighted by Gasteiger charge is 2.31. The highest BCUT2D eigenvalue weighted by Crippen LogP contribution is 2.38. The number of carbonyl (C=O) groups is 2. The largest absolute Gasteiger partial charge is 0.425 e. The fourth-order valence-corrected chi connectivity index (χ4v) is 4.56. The van der Waals surface area contributed by atoms with Gasteiger partial charge < -0.3 is 15.8 Å². The van der Waals surface area contributed by atoms with Gasteiger partial charge in [0.05, 0.1) is 5.75 Å². The van der Waals surface area contributed by atoms with E-state index in [0.717, 1.165) is 22.3 Å². The molecule has 2 aromatic rings. The van der Waals surface area contributed by atoms with Crippen LogP contribution in [0.4, 0.5) is 0 Å². The van der Waals surface area contributed by atoms with Gasteiger partial charge in [0.15, 0.2) is 0 Å². The van der Waals surface area contributed by atoms with Crippen LogP contribution in [0.5, 0.6) is 5.75 Å². The van der Waals surface area contributed by atoms with E-state index in [9.17, 15) is 18.0 Å². The topological polar surface area (TPSA) is 136 Å². The monoisotopic (exact) mass is 490 g/mol. The third-order valence-corrected chi connectivity index (χ3v) is 6.24. The number of aryl methyl sites for hydroxylation is 2. The molecule has 0 radical (unpaired) electrons. The minimum atomic E-state index is -4.06. The van der Waals surface area contributed by atoms with E-state index in [1.54, 1.807) is 6.07 Å². The number of rotatable bonds is 11. The van der Waals surface area contributed by atoms with Crippen LogP contribution in [0.15, 0.2) is 42.5 Å². The Morgan fingerprint density at radius 2 is 1.79 bits per heavy atom. The second-order valence-electron chi connectivity index (χ2n) is 9.22. The van der Waals surface area contributed by atoms with Gasteiger partial charge >= 0.3 is 5.97 Å². The lowest BCUT2D eigenvalue weighted by Crippen LogP contribution is -2.37. The molecule has 0 spiro atoms. The lowest BCUT2D eigenvalue weighted by atomic mass is 9.78. The van der Waals surface area contributed by atoms with Crippen LogP contribution in [0.3, 0.4) is 0 Å². The van der Waals surface area contributed by atoms with Crippen molar-refractivity contribution in [3.8, 4) is 5.75 Å². The van der Waals surface area contributed by atoms with E-state index in [1.807, 2.05) is 64.1 Å². The summed E-state index contributed by atoms with van der Waals surface area (Å²) in [6.45, 7) is 7.67. The van der Waals surface area contributed by atoms with E-state index < -0.39 is 33.3 Å². The van der Waals surface area contributed by atoms with Crippen LogP contribution in [-0.2, 0) is 31.5 Å². The van der Waals surface area contributed by atoms with E-state index in [2.05, 4.69) is 5.32 Å². The minimum Gasteiger partial charge on any atom is -0.425 e. The first kappa shape index (κ1) is 27.5. The number of hydrogen-bond acceptors (Lipinski definition) is 6. The molecule has 0 aliphatic carbocycles. The summed E-state index contributed by atoms with van der Waals surface area (Å²) in [5.74, 6) is -0.883. The summed E-state index contributed by atoms with van der Waals surface area (Å²) in [5.41, 5.74) is 8.87. The third kappa shape index (κ3) is 8.55. The highest BCUT2D eigenvalue weighted by atomic mass is 32.2. The maximum atomic E-state index is 12.8. The van der Waals surface area contributed by atoms with E-state index in [1.165, 1.54) is 0 Å². The number of nitrogens with one attached hydrogen (secondary N) is 1. The van der Waals surface area contributed by atoms with Gasteiger partial charge in [0, 0.05) is 23.9 Å². The Labute approximate surface area is 201 Å². The Hall–Kier alpha value is -2.75. The molecule has 0 unspecified atom stereocenters. The number of amides is 1. The maximum absolute atomic E-state index is 12.8. The van der Waals surface area contributed by atoms with Crippen molar-refractivity contribution in [2.45, 2.75) is 58.4 Å². The van der Waals surface area contributed by atoms with Gasteiger partial charge in [-0.05, 0) is 49.4 Å². The molecule has 8 nitrogen and oxygen atoms in total. The van der Waals surface area contributed by atoms with Crippen molar-refractivity contribution in [1.82, 2.24) is 5.32 Å². The van der Waals surface area contributed by atoms with Crippen LogP contribution in [0.25, 0.3) is 0 Å². The van der Waals surface area contributed by atoms with Crippen molar-refractivity contribution in [3.63, 3.8) is 0 Å². The minimum absolute atomic E-state index is 0.0867. The summed E-state index contributed by atoms with van der Waals surface area (Å²) < 4.78 is 36.2. The first-order valence-electron chi connectivity index (χ1n) is 11.1. The van der Waals surface area contributed by atoms with Crippen molar-refractivity contribution in [3.05, 3.63) is 64.7 Å². The molecule has 0 aliphatic heterocycles. The molecular weight excluding hydrogens is 456 g/mol. The van der Waals surface area contributed by atoms with Crippen molar-refractivity contribution < 1.29 is 27.3 Å². The van der Waals surface area contributed by atoms with Crippen molar-refractivity contribution >= 4 is 22.0 Å². The lowest BCUT2D eigenvalue weighted by Gasteiger charge is -2.29. The predicted molar refractivity (Wildman–Crippen MR) is 131 cm³/mol. The molecule has 34 heavy (non-hydrogen) atoms. The Morgan fingerprint density at radius 1 is 1.15 bits per heavy atom. The summed E-state index contributed by atoms with van der Waals surface area (Å²) in [4.78, 5) is 25.3. The summed E-state index contributed by atoms with van der Waals surface area (Å²) in [5, 5.41) is 2.68. The SMILES string of the molecule is Cc1cc(C)c(C(C)(C)CC(=O)NCCCS(=O)(=O)O)c(OC(=O)[C@@H](N)Cc2ccccc2)c1. The summed E-state index contributed by atoms with van der Waals surface area (Å²) >= 11 is 0. The van der Waals surface area contributed by atoms with Crippen molar-refractivity contribution in [2.75, 3.05) is 12.3 Å². The maximum Gasteiger partial charge on any atom is 0.328 e. The number of carbonyl (C=O) groups excluding carboxylic acids is 2. The fraction of sp³-hybridized carbons (Fsp3) is 0.440. The Kier molecular flexibility index (Phi) is 9.37. The van der Waals surface area contributed by atoms with Gasteiger partial charge in [-0.2, -0.15) is 8.42 Å². The Morgan fingerprint density at radius 3 is 2.41 bits per heavy atom. The number of ether oxygens (including phenoxy) is 1. The zero-order chi connectivity index (χ0) is 25.5. The average molecular weight is 491 g/mol. The third-order valence-electron chi connectivity index (χ3n) is 5.44. The molecule has 0 bridgehead atoms. The number of nitrogens with two attached hydrogens (primary N) is 1. The molecule has 2 aromatic carbocycles. The van der Waals surface area contributed by atoms with Crippen LogP contribution in [0.1, 0.15) is 48.9 Å². The van der Waals surface area contributed by atoms with E-state index in [4.69, 9.17) is 15.0 Å².